The number of carbonyl (C=O) groups excluding carboxylic acids is 1. The molecule has 1 aromatic carbocycles. The van der Waals surface area contributed by atoms with Gasteiger partial charge in [0.1, 0.15) is 5.52 Å². The summed E-state index contributed by atoms with van der Waals surface area (Å²) >= 11 is 0. The van der Waals surface area contributed by atoms with Gasteiger partial charge >= 0.3 is 11.9 Å². The van der Waals surface area contributed by atoms with Crippen LogP contribution in [0, 0.1) is 5.92 Å². The highest BCUT2D eigenvalue weighted by molar-refractivity contribution is 6.06. The molecule has 1 aliphatic heterocycles. The fourth-order valence-corrected chi connectivity index (χ4v) is 3.89. The summed E-state index contributed by atoms with van der Waals surface area (Å²) in [6.07, 6.45) is 7.12. The van der Waals surface area contributed by atoms with Crippen molar-refractivity contribution in [1.82, 2.24) is 14.7 Å². The monoisotopic (exact) mass is 473 g/mol. The number of piperidine rings is 1. The van der Waals surface area contributed by atoms with Crippen LogP contribution in [0.25, 0.3) is 10.9 Å². The Morgan fingerprint density at radius 2 is 1.79 bits per heavy atom. The van der Waals surface area contributed by atoms with E-state index in [2.05, 4.69) is 23.8 Å². The first-order valence-electron chi connectivity index (χ1n) is 11.6. The zero-order valence-corrected chi connectivity index (χ0v) is 20.1. The summed E-state index contributed by atoms with van der Waals surface area (Å²) in [7, 11) is 1.75. The Morgan fingerprint density at radius 1 is 1.15 bits per heavy atom. The summed E-state index contributed by atoms with van der Waals surface area (Å²) in [6, 6.07) is 6.23. The molecule has 2 aromatic rings. The summed E-state index contributed by atoms with van der Waals surface area (Å²) in [6.45, 7) is 8.27. The first kappa shape index (κ1) is 27.2. The number of rotatable bonds is 10. The van der Waals surface area contributed by atoms with Crippen molar-refractivity contribution >= 4 is 28.6 Å². The fourth-order valence-electron chi connectivity index (χ4n) is 3.89. The van der Waals surface area contributed by atoms with Crippen LogP contribution in [0.1, 0.15) is 55.9 Å². The molecule has 0 spiro atoms. The van der Waals surface area contributed by atoms with E-state index in [4.69, 9.17) is 14.9 Å². The molecule has 0 saturated carbocycles. The van der Waals surface area contributed by atoms with Gasteiger partial charge in [-0.05, 0) is 58.2 Å². The van der Waals surface area contributed by atoms with E-state index in [1.165, 1.54) is 12.8 Å². The van der Waals surface area contributed by atoms with E-state index < -0.39 is 11.9 Å². The topological polar surface area (TPSA) is 122 Å². The number of aliphatic carboxylic acids is 2. The minimum absolute atomic E-state index is 0.228. The molecule has 9 heteroatoms. The van der Waals surface area contributed by atoms with Crippen molar-refractivity contribution in [2.24, 2.45) is 5.92 Å². The molecule has 1 fully saturated rings. The van der Waals surface area contributed by atoms with Crippen molar-refractivity contribution in [1.29, 1.82) is 0 Å². The standard InChI is InChI=1S/C21H31N3O2.C4H4O4/c1-16(2)24-15-18-5-4-6-19(21(18)22-24)20(25)8-7-17-9-11-23(12-10-17)13-14-26-3;5-3(6)1-2-4(7)8/h4-6,15-17H,7-14H2,1-3H3;1-2H,(H,5,6)(H,7,8)/b;2-1+. The summed E-state index contributed by atoms with van der Waals surface area (Å²) in [5.41, 5.74) is 1.63. The highest BCUT2D eigenvalue weighted by Crippen LogP contribution is 2.25. The zero-order valence-electron chi connectivity index (χ0n) is 20.1. The van der Waals surface area contributed by atoms with Crippen molar-refractivity contribution in [2.75, 3.05) is 33.4 Å². The van der Waals surface area contributed by atoms with Crippen LogP contribution in [0.4, 0.5) is 0 Å². The first-order chi connectivity index (χ1) is 16.2. The smallest absolute Gasteiger partial charge is 0.328 e. The number of benzene rings is 1. The molecule has 186 valence electrons. The number of carboxylic acid groups (broad SMARTS) is 2. The lowest BCUT2D eigenvalue weighted by molar-refractivity contribution is -0.134. The predicted octanol–water partition coefficient (Wildman–Crippen LogP) is 3.65. The second-order valence-corrected chi connectivity index (χ2v) is 8.70. The largest absolute Gasteiger partial charge is 0.478 e. The number of carbonyl (C=O) groups is 3. The number of carboxylic acids is 2. The maximum Gasteiger partial charge on any atom is 0.328 e. The number of nitrogens with zero attached hydrogens (tertiary/aromatic N) is 3. The van der Waals surface area contributed by atoms with E-state index in [9.17, 15) is 14.4 Å². The molecule has 0 aliphatic carbocycles. The highest BCUT2D eigenvalue weighted by atomic mass is 16.5. The molecule has 2 N–H and O–H groups in total. The van der Waals surface area contributed by atoms with Gasteiger partial charge in [0, 0.05) is 55.4 Å². The van der Waals surface area contributed by atoms with Crippen molar-refractivity contribution in [3.63, 3.8) is 0 Å². The van der Waals surface area contributed by atoms with Gasteiger partial charge < -0.3 is 19.8 Å². The molecule has 0 radical (unpaired) electrons. The Balaban J connectivity index is 0.000000440. The molecule has 0 amide bonds. The molecule has 0 unspecified atom stereocenters. The third-order valence-corrected chi connectivity index (χ3v) is 5.85. The van der Waals surface area contributed by atoms with Crippen LogP contribution in [-0.4, -0.2) is 76.0 Å². The Kier molecular flexibility index (Phi) is 10.9. The normalized spacial score (nSPS) is 14.9. The van der Waals surface area contributed by atoms with Crippen LogP contribution >= 0.6 is 0 Å². The predicted molar refractivity (Wildman–Crippen MR) is 129 cm³/mol. The number of aromatic nitrogens is 2. The molecule has 9 nitrogen and oxygen atoms in total. The first-order valence-corrected chi connectivity index (χ1v) is 11.6. The molecule has 3 rings (SSSR count). The van der Waals surface area contributed by atoms with E-state index in [0.29, 0.717) is 30.5 Å². The van der Waals surface area contributed by atoms with Gasteiger partial charge in [-0.1, -0.05) is 12.1 Å². The van der Waals surface area contributed by atoms with E-state index in [1.807, 2.05) is 29.1 Å². The Labute approximate surface area is 200 Å². The molecule has 2 heterocycles. The number of hydrogen-bond donors (Lipinski definition) is 2. The number of methoxy groups -OCH3 is 1. The van der Waals surface area contributed by atoms with Crippen LogP contribution in [0.3, 0.4) is 0 Å². The molecule has 0 atom stereocenters. The molecular weight excluding hydrogens is 438 g/mol. The lowest BCUT2D eigenvalue weighted by Crippen LogP contribution is -2.36. The summed E-state index contributed by atoms with van der Waals surface area (Å²) < 4.78 is 7.10. The fraction of sp³-hybridized carbons (Fsp3) is 0.520. The van der Waals surface area contributed by atoms with Gasteiger partial charge in [-0.25, -0.2) is 9.59 Å². The average Bonchev–Trinajstić information content (AvgIpc) is 3.26. The van der Waals surface area contributed by atoms with E-state index in [0.717, 1.165) is 49.1 Å². The number of likely N-dealkylation sites (tertiary alicyclic amines) is 1. The van der Waals surface area contributed by atoms with E-state index in [1.54, 1.807) is 7.11 Å². The molecule has 1 aliphatic rings. The molecule has 1 aromatic heterocycles. The average molecular weight is 474 g/mol. The van der Waals surface area contributed by atoms with Gasteiger partial charge in [0.05, 0.1) is 6.61 Å². The van der Waals surface area contributed by atoms with Gasteiger partial charge in [0.25, 0.3) is 0 Å². The van der Waals surface area contributed by atoms with Gasteiger partial charge in [0.15, 0.2) is 5.78 Å². The Morgan fingerprint density at radius 3 is 2.35 bits per heavy atom. The van der Waals surface area contributed by atoms with Crippen molar-refractivity contribution < 1.29 is 29.3 Å². The minimum Gasteiger partial charge on any atom is -0.478 e. The lowest BCUT2D eigenvalue weighted by Gasteiger charge is -2.31. The van der Waals surface area contributed by atoms with Crippen molar-refractivity contribution in [3.05, 3.63) is 42.1 Å². The summed E-state index contributed by atoms with van der Waals surface area (Å²) in [4.78, 5) is 34.4. The van der Waals surface area contributed by atoms with Crippen molar-refractivity contribution in [2.45, 2.75) is 45.6 Å². The maximum absolute atomic E-state index is 12.8. The van der Waals surface area contributed by atoms with Gasteiger partial charge in [-0.3, -0.25) is 9.48 Å². The molecule has 34 heavy (non-hydrogen) atoms. The van der Waals surface area contributed by atoms with Crippen LogP contribution in [-0.2, 0) is 14.3 Å². The number of ketones is 1. The maximum atomic E-state index is 12.8. The Bertz CT molecular complexity index is 974. The SMILES string of the molecule is COCCN1CCC(CCC(=O)c2cccc3cn(C(C)C)nc23)CC1.O=C(O)/C=C/C(=O)O. The highest BCUT2D eigenvalue weighted by Gasteiger charge is 2.21. The lowest BCUT2D eigenvalue weighted by atomic mass is 9.90. The van der Waals surface area contributed by atoms with Crippen LogP contribution in [0.5, 0.6) is 0 Å². The second-order valence-electron chi connectivity index (χ2n) is 8.70. The van der Waals surface area contributed by atoms with Gasteiger partial charge in [-0.2, -0.15) is 5.10 Å². The van der Waals surface area contributed by atoms with Crippen molar-refractivity contribution in [3.8, 4) is 0 Å². The van der Waals surface area contributed by atoms with Crippen LogP contribution in [0.15, 0.2) is 36.5 Å². The summed E-state index contributed by atoms with van der Waals surface area (Å²) in [5.74, 6) is -1.63. The van der Waals surface area contributed by atoms with Gasteiger partial charge in [0.2, 0.25) is 0 Å². The molecule has 0 bridgehead atoms. The van der Waals surface area contributed by atoms with E-state index >= 15 is 0 Å². The number of hydrogen-bond acceptors (Lipinski definition) is 6. The van der Waals surface area contributed by atoms with Crippen LogP contribution in [0.2, 0.25) is 0 Å². The molecule has 1 saturated heterocycles. The quantitative estimate of drug-likeness (QED) is 0.396. The van der Waals surface area contributed by atoms with Gasteiger partial charge in [-0.15, -0.1) is 0 Å². The number of fused-ring (bicyclic) bond motifs is 1. The third-order valence-electron chi connectivity index (χ3n) is 5.85. The van der Waals surface area contributed by atoms with Crippen LogP contribution < -0.4 is 0 Å². The minimum atomic E-state index is -1.26. The number of Topliss-reactive ketones (excluding diaryl/α,β-unsaturated/α-hetero) is 1. The summed E-state index contributed by atoms with van der Waals surface area (Å²) in [5, 5.41) is 21.3. The Hall–Kier alpha value is -3.04. The third kappa shape index (κ3) is 8.72. The number of ether oxygens (including phenoxy) is 1. The second kappa shape index (κ2) is 13.6. The molecular formula is C25H35N3O6. The zero-order chi connectivity index (χ0) is 25.1. The van der Waals surface area contributed by atoms with E-state index in [-0.39, 0.29) is 5.78 Å².